The summed E-state index contributed by atoms with van der Waals surface area (Å²) in [6.07, 6.45) is 1.87. The SMILES string of the molecule is N#CCC1(Cn2c(Cc3ccc(-c4cccc(OCc5ccc(C#N)cc5F)n4)cc3F)nc3c(F)cc(C(=O)O)cc32)CC1. The number of carbonyl (C=O) groups is 1. The van der Waals surface area contributed by atoms with Crippen molar-refractivity contribution < 1.29 is 27.8 Å². The van der Waals surface area contributed by atoms with Crippen LogP contribution in [0.15, 0.2) is 66.7 Å². The monoisotopic (exact) mass is 607 g/mol. The van der Waals surface area contributed by atoms with Crippen molar-refractivity contribution in [1.82, 2.24) is 14.5 Å². The molecule has 0 unspecified atom stereocenters. The van der Waals surface area contributed by atoms with Gasteiger partial charge >= 0.3 is 5.97 Å². The zero-order valence-corrected chi connectivity index (χ0v) is 23.7. The number of imidazole rings is 1. The Morgan fingerprint density at radius 2 is 1.73 bits per heavy atom. The van der Waals surface area contributed by atoms with Gasteiger partial charge in [0.15, 0.2) is 5.82 Å². The summed E-state index contributed by atoms with van der Waals surface area (Å²) in [5.41, 5.74) is 1.33. The van der Waals surface area contributed by atoms with Gasteiger partial charge in [0, 0.05) is 42.0 Å². The third kappa shape index (κ3) is 6.06. The number of halogens is 3. The predicted molar refractivity (Wildman–Crippen MR) is 156 cm³/mol. The molecule has 0 saturated heterocycles. The first kappa shape index (κ1) is 29.4. The van der Waals surface area contributed by atoms with E-state index >= 15 is 4.39 Å². The summed E-state index contributed by atoms with van der Waals surface area (Å²) in [6, 6.07) is 19.9. The average molecular weight is 608 g/mol. The van der Waals surface area contributed by atoms with Gasteiger partial charge < -0.3 is 14.4 Å². The molecule has 45 heavy (non-hydrogen) atoms. The molecule has 6 rings (SSSR count). The lowest BCUT2D eigenvalue weighted by Crippen LogP contribution is -2.15. The number of hydrogen-bond donors (Lipinski definition) is 1. The van der Waals surface area contributed by atoms with Crippen LogP contribution in [0, 0.1) is 45.5 Å². The third-order valence-electron chi connectivity index (χ3n) is 8.02. The van der Waals surface area contributed by atoms with Gasteiger partial charge in [-0.15, -0.1) is 0 Å². The fourth-order valence-corrected chi connectivity index (χ4v) is 5.30. The number of ether oxygens (including phenoxy) is 1. The number of carboxylic acids is 1. The first-order valence-corrected chi connectivity index (χ1v) is 14.0. The first-order valence-electron chi connectivity index (χ1n) is 14.0. The number of aromatic carboxylic acids is 1. The van der Waals surface area contributed by atoms with Crippen LogP contribution in [-0.2, 0) is 19.6 Å². The number of carboxylic acid groups (broad SMARTS) is 1. The zero-order valence-electron chi connectivity index (χ0n) is 23.7. The van der Waals surface area contributed by atoms with E-state index in [1.807, 2.05) is 6.07 Å². The summed E-state index contributed by atoms with van der Waals surface area (Å²) in [5.74, 6) is -2.65. The zero-order chi connectivity index (χ0) is 31.7. The lowest BCUT2D eigenvalue weighted by atomic mass is 10.0. The van der Waals surface area contributed by atoms with Gasteiger partial charge in [-0.3, -0.25) is 0 Å². The molecule has 0 aliphatic heterocycles. The van der Waals surface area contributed by atoms with Crippen molar-refractivity contribution in [3.05, 3.63) is 112 Å². The number of hydrogen-bond acceptors (Lipinski definition) is 6. The lowest BCUT2D eigenvalue weighted by Gasteiger charge is -2.16. The molecule has 0 spiro atoms. The van der Waals surface area contributed by atoms with Crippen LogP contribution in [0.3, 0.4) is 0 Å². The van der Waals surface area contributed by atoms with Crippen molar-refractivity contribution in [2.24, 2.45) is 5.41 Å². The van der Waals surface area contributed by atoms with E-state index in [9.17, 15) is 23.9 Å². The minimum atomic E-state index is -1.28. The first-order chi connectivity index (χ1) is 21.7. The van der Waals surface area contributed by atoms with Crippen molar-refractivity contribution in [3.63, 3.8) is 0 Å². The number of rotatable bonds is 10. The maximum Gasteiger partial charge on any atom is 0.335 e. The molecular formula is C34H24F3N5O3. The molecule has 3 aromatic carbocycles. The summed E-state index contributed by atoms with van der Waals surface area (Å²) in [6.45, 7) is 0.212. The van der Waals surface area contributed by atoms with Gasteiger partial charge in [-0.1, -0.05) is 24.3 Å². The Balaban J connectivity index is 1.27. The topological polar surface area (TPSA) is 125 Å². The summed E-state index contributed by atoms with van der Waals surface area (Å²) >= 11 is 0. The molecule has 2 heterocycles. The quantitative estimate of drug-likeness (QED) is 0.182. The summed E-state index contributed by atoms with van der Waals surface area (Å²) < 4.78 is 52.1. The maximum absolute atomic E-state index is 15.5. The fraction of sp³-hybridized carbons (Fsp3) is 0.206. The number of aromatic nitrogens is 3. The molecule has 1 fully saturated rings. The normalized spacial score (nSPS) is 13.3. The van der Waals surface area contributed by atoms with E-state index < -0.39 is 23.4 Å². The van der Waals surface area contributed by atoms with Crippen LogP contribution in [0.25, 0.3) is 22.3 Å². The highest BCUT2D eigenvalue weighted by atomic mass is 19.1. The van der Waals surface area contributed by atoms with Crippen molar-refractivity contribution in [3.8, 4) is 29.3 Å². The Kier molecular flexibility index (Phi) is 7.69. The molecule has 0 radical (unpaired) electrons. The minimum Gasteiger partial charge on any atom is -0.478 e. The maximum atomic E-state index is 15.5. The Labute approximate surface area is 255 Å². The number of nitrogens with zero attached hydrogens (tertiary/aromatic N) is 5. The Morgan fingerprint density at radius 3 is 2.42 bits per heavy atom. The molecule has 8 nitrogen and oxygen atoms in total. The standard InChI is InChI=1S/C34H24F3N5O3/c35-25-12-20(17-39)4-5-23(25)18-45-31-3-1-2-28(40-31)22-7-6-21(26(36)13-22)16-30-41-32-27(37)14-24(33(43)44)15-29(32)42(30)19-34(8-9-34)10-11-38/h1-7,12-15H,8-10,16,18-19H2,(H,43,44). The van der Waals surface area contributed by atoms with E-state index in [4.69, 9.17) is 10.00 Å². The van der Waals surface area contributed by atoms with Gasteiger partial charge in [-0.2, -0.15) is 10.5 Å². The van der Waals surface area contributed by atoms with Crippen LogP contribution in [0.1, 0.15) is 52.1 Å². The molecule has 224 valence electrons. The highest BCUT2D eigenvalue weighted by Gasteiger charge is 2.43. The molecule has 2 aromatic heterocycles. The van der Waals surface area contributed by atoms with Gasteiger partial charge in [0.2, 0.25) is 5.88 Å². The smallest absolute Gasteiger partial charge is 0.335 e. The number of benzene rings is 3. The van der Waals surface area contributed by atoms with Crippen molar-refractivity contribution in [2.45, 2.75) is 38.8 Å². The van der Waals surface area contributed by atoms with Crippen LogP contribution in [0.4, 0.5) is 13.2 Å². The van der Waals surface area contributed by atoms with Crippen molar-refractivity contribution in [1.29, 1.82) is 10.5 Å². The van der Waals surface area contributed by atoms with Crippen molar-refractivity contribution in [2.75, 3.05) is 0 Å². The second-order valence-corrected chi connectivity index (χ2v) is 11.1. The average Bonchev–Trinajstić information content (AvgIpc) is 3.70. The van der Waals surface area contributed by atoms with Gasteiger partial charge in [0.1, 0.15) is 29.6 Å². The molecule has 1 aliphatic rings. The van der Waals surface area contributed by atoms with Gasteiger partial charge in [-0.25, -0.2) is 27.9 Å². The third-order valence-corrected chi connectivity index (χ3v) is 8.02. The molecule has 1 N–H and O–H groups in total. The number of nitriles is 2. The van der Waals surface area contributed by atoms with E-state index in [-0.39, 0.29) is 64.0 Å². The Morgan fingerprint density at radius 1 is 0.956 bits per heavy atom. The van der Waals surface area contributed by atoms with Crippen molar-refractivity contribution >= 4 is 17.0 Å². The van der Waals surface area contributed by atoms with Gasteiger partial charge in [0.05, 0.1) is 34.5 Å². The van der Waals surface area contributed by atoms with E-state index in [2.05, 4.69) is 16.0 Å². The van der Waals surface area contributed by atoms with Crippen LogP contribution in [0.5, 0.6) is 5.88 Å². The summed E-state index contributed by atoms with van der Waals surface area (Å²) in [4.78, 5) is 20.5. The summed E-state index contributed by atoms with van der Waals surface area (Å²) in [7, 11) is 0. The van der Waals surface area contributed by atoms with E-state index in [0.717, 1.165) is 25.0 Å². The number of fused-ring (bicyclic) bond motifs is 1. The van der Waals surface area contributed by atoms with Gasteiger partial charge in [0.25, 0.3) is 0 Å². The highest BCUT2D eigenvalue weighted by molar-refractivity contribution is 5.92. The molecule has 1 aliphatic carbocycles. The molecule has 0 amide bonds. The van der Waals surface area contributed by atoms with E-state index in [1.54, 1.807) is 34.9 Å². The Bertz CT molecular complexity index is 2060. The predicted octanol–water partition coefficient (Wildman–Crippen LogP) is 6.95. The molecule has 1 saturated carbocycles. The minimum absolute atomic E-state index is 0.00198. The highest BCUT2D eigenvalue weighted by Crippen LogP contribution is 2.50. The van der Waals surface area contributed by atoms with Crippen LogP contribution < -0.4 is 4.74 Å². The second-order valence-electron chi connectivity index (χ2n) is 11.1. The van der Waals surface area contributed by atoms with Gasteiger partial charge in [-0.05, 0) is 54.8 Å². The lowest BCUT2D eigenvalue weighted by molar-refractivity contribution is 0.0696. The Hall–Kier alpha value is -5.68. The van der Waals surface area contributed by atoms with E-state index in [0.29, 0.717) is 23.6 Å². The summed E-state index contributed by atoms with van der Waals surface area (Å²) in [5, 5.41) is 27.7. The molecule has 5 aromatic rings. The van der Waals surface area contributed by atoms with E-state index in [1.165, 1.54) is 24.3 Å². The number of pyridine rings is 1. The molecule has 11 heteroatoms. The molecule has 0 bridgehead atoms. The molecular weight excluding hydrogens is 583 g/mol. The van der Waals surface area contributed by atoms with Crippen LogP contribution in [0.2, 0.25) is 0 Å². The van der Waals surface area contributed by atoms with Crippen LogP contribution >= 0.6 is 0 Å². The largest absolute Gasteiger partial charge is 0.478 e. The van der Waals surface area contributed by atoms with Crippen LogP contribution in [-0.4, -0.2) is 25.6 Å². The molecule has 0 atom stereocenters. The fourth-order valence-electron chi connectivity index (χ4n) is 5.30. The second kappa shape index (κ2) is 11.8.